The highest BCUT2D eigenvalue weighted by Crippen LogP contribution is 2.24. The van der Waals surface area contributed by atoms with E-state index in [1.165, 1.54) is 0 Å². The van der Waals surface area contributed by atoms with Crippen molar-refractivity contribution in [3.63, 3.8) is 0 Å². The predicted molar refractivity (Wildman–Crippen MR) is 91.9 cm³/mol. The Balaban J connectivity index is 1.93. The lowest BCUT2D eigenvalue weighted by molar-refractivity contribution is -0.134. The number of aromatic nitrogens is 2. The van der Waals surface area contributed by atoms with Crippen molar-refractivity contribution in [1.29, 1.82) is 0 Å². The van der Waals surface area contributed by atoms with Gasteiger partial charge in [-0.1, -0.05) is 12.1 Å². The Morgan fingerprint density at radius 1 is 1.12 bits per heavy atom. The number of para-hydroxylation sites is 1. The molecule has 3 aromatic rings. The van der Waals surface area contributed by atoms with Crippen LogP contribution in [0.4, 0.5) is 17.5 Å². The number of aliphatic carboxylic acids is 1. The van der Waals surface area contributed by atoms with E-state index in [1.807, 2.05) is 48.5 Å². The monoisotopic (exact) mass is 324 g/mol. The number of rotatable bonds is 6. The van der Waals surface area contributed by atoms with Gasteiger partial charge >= 0.3 is 5.97 Å². The van der Waals surface area contributed by atoms with Crippen LogP contribution in [0.5, 0.6) is 5.75 Å². The summed E-state index contributed by atoms with van der Waals surface area (Å²) in [6, 6.07) is 14.8. The van der Waals surface area contributed by atoms with Gasteiger partial charge in [-0.05, 0) is 36.4 Å². The van der Waals surface area contributed by atoms with E-state index in [1.54, 1.807) is 7.11 Å². The second kappa shape index (κ2) is 6.82. The summed E-state index contributed by atoms with van der Waals surface area (Å²) in [6.45, 7) is -0.219. The molecule has 1 heterocycles. The van der Waals surface area contributed by atoms with Gasteiger partial charge in [0.2, 0.25) is 5.95 Å². The number of carbonyl (C=O) groups is 1. The molecule has 0 saturated heterocycles. The van der Waals surface area contributed by atoms with Gasteiger partial charge in [0, 0.05) is 11.1 Å². The summed E-state index contributed by atoms with van der Waals surface area (Å²) in [6.07, 6.45) is 0. The fourth-order valence-electron chi connectivity index (χ4n) is 2.23. The minimum atomic E-state index is -0.956. The van der Waals surface area contributed by atoms with Crippen molar-refractivity contribution >= 4 is 34.3 Å². The Kier molecular flexibility index (Phi) is 4.42. The fraction of sp³-hybridized carbons (Fsp3) is 0.118. The average Bonchev–Trinajstić information content (AvgIpc) is 2.60. The van der Waals surface area contributed by atoms with Crippen LogP contribution in [0, 0.1) is 0 Å². The molecule has 0 aliphatic rings. The third kappa shape index (κ3) is 3.52. The van der Waals surface area contributed by atoms with Crippen molar-refractivity contribution in [2.24, 2.45) is 0 Å². The van der Waals surface area contributed by atoms with Crippen LogP contribution in [0.25, 0.3) is 10.9 Å². The summed E-state index contributed by atoms with van der Waals surface area (Å²) < 4.78 is 5.13. The van der Waals surface area contributed by atoms with Crippen molar-refractivity contribution in [2.75, 3.05) is 24.3 Å². The van der Waals surface area contributed by atoms with E-state index < -0.39 is 5.97 Å². The first-order chi connectivity index (χ1) is 11.7. The van der Waals surface area contributed by atoms with Crippen molar-refractivity contribution in [1.82, 2.24) is 9.97 Å². The molecule has 24 heavy (non-hydrogen) atoms. The van der Waals surface area contributed by atoms with Crippen LogP contribution in [0.15, 0.2) is 48.5 Å². The average molecular weight is 324 g/mol. The van der Waals surface area contributed by atoms with Gasteiger partial charge in [-0.15, -0.1) is 0 Å². The molecule has 0 aliphatic carbocycles. The number of nitrogens with one attached hydrogen (secondary N) is 2. The number of nitrogens with zero attached hydrogens (tertiary/aromatic N) is 2. The van der Waals surface area contributed by atoms with E-state index in [2.05, 4.69) is 20.6 Å². The van der Waals surface area contributed by atoms with Crippen LogP contribution in [0.3, 0.4) is 0 Å². The van der Waals surface area contributed by atoms with Crippen LogP contribution in [0.1, 0.15) is 0 Å². The minimum Gasteiger partial charge on any atom is -0.497 e. The topological polar surface area (TPSA) is 96.4 Å². The summed E-state index contributed by atoms with van der Waals surface area (Å²) in [5.41, 5.74) is 1.52. The summed E-state index contributed by atoms with van der Waals surface area (Å²) in [4.78, 5) is 19.7. The number of benzene rings is 2. The third-order valence-electron chi connectivity index (χ3n) is 3.36. The van der Waals surface area contributed by atoms with E-state index in [4.69, 9.17) is 9.84 Å². The highest BCUT2D eigenvalue weighted by Gasteiger charge is 2.09. The van der Waals surface area contributed by atoms with Crippen molar-refractivity contribution in [3.8, 4) is 5.75 Å². The molecule has 0 fully saturated rings. The largest absolute Gasteiger partial charge is 0.497 e. The van der Waals surface area contributed by atoms with E-state index in [-0.39, 0.29) is 6.54 Å². The van der Waals surface area contributed by atoms with Gasteiger partial charge in [-0.2, -0.15) is 4.98 Å². The number of anilines is 3. The summed E-state index contributed by atoms with van der Waals surface area (Å²) in [7, 11) is 1.61. The molecule has 2 aromatic carbocycles. The molecule has 7 heteroatoms. The van der Waals surface area contributed by atoms with Crippen LogP contribution >= 0.6 is 0 Å². The fourth-order valence-corrected chi connectivity index (χ4v) is 2.23. The lowest BCUT2D eigenvalue weighted by Gasteiger charge is -2.11. The van der Waals surface area contributed by atoms with Gasteiger partial charge in [0.15, 0.2) is 0 Å². The summed E-state index contributed by atoms with van der Waals surface area (Å²) in [5, 5.41) is 15.6. The Bertz CT molecular complexity index is 865. The smallest absolute Gasteiger partial charge is 0.322 e. The van der Waals surface area contributed by atoms with Gasteiger partial charge < -0.3 is 20.5 Å². The molecule has 0 radical (unpaired) electrons. The maximum absolute atomic E-state index is 10.8. The summed E-state index contributed by atoms with van der Waals surface area (Å²) >= 11 is 0. The van der Waals surface area contributed by atoms with Gasteiger partial charge in [0.05, 0.1) is 12.6 Å². The van der Waals surface area contributed by atoms with Crippen molar-refractivity contribution in [2.45, 2.75) is 0 Å². The Hall–Kier alpha value is -3.35. The highest BCUT2D eigenvalue weighted by atomic mass is 16.5. The maximum Gasteiger partial charge on any atom is 0.322 e. The van der Waals surface area contributed by atoms with E-state index in [9.17, 15) is 4.79 Å². The number of fused-ring (bicyclic) bond motifs is 1. The molecule has 0 spiro atoms. The molecule has 0 unspecified atom stereocenters. The first-order valence-electron chi connectivity index (χ1n) is 7.29. The molecule has 1 aromatic heterocycles. The molecule has 0 amide bonds. The van der Waals surface area contributed by atoms with E-state index in [0.717, 1.165) is 22.3 Å². The zero-order valence-corrected chi connectivity index (χ0v) is 13.0. The zero-order chi connectivity index (χ0) is 16.9. The molecule has 0 atom stereocenters. The third-order valence-corrected chi connectivity index (χ3v) is 3.36. The number of methoxy groups -OCH3 is 1. The zero-order valence-electron chi connectivity index (χ0n) is 13.0. The molecule has 0 saturated carbocycles. The molecule has 3 rings (SSSR count). The molecular formula is C17H16N4O3. The SMILES string of the molecule is COc1ccc(Nc2nc(NCC(=O)O)c3ccccc3n2)cc1. The van der Waals surface area contributed by atoms with Crippen LogP contribution in [-0.4, -0.2) is 34.7 Å². The second-order valence-corrected chi connectivity index (χ2v) is 5.01. The van der Waals surface area contributed by atoms with Crippen molar-refractivity contribution < 1.29 is 14.6 Å². The lowest BCUT2D eigenvalue weighted by Crippen LogP contribution is -2.14. The Morgan fingerprint density at radius 2 is 1.88 bits per heavy atom. The van der Waals surface area contributed by atoms with E-state index in [0.29, 0.717) is 11.8 Å². The number of hydrogen-bond acceptors (Lipinski definition) is 6. The maximum atomic E-state index is 10.8. The first kappa shape index (κ1) is 15.5. The van der Waals surface area contributed by atoms with Gasteiger partial charge in [0.25, 0.3) is 0 Å². The minimum absolute atomic E-state index is 0.219. The molecule has 3 N–H and O–H groups in total. The predicted octanol–water partition coefficient (Wildman–Crippen LogP) is 2.88. The summed E-state index contributed by atoms with van der Waals surface area (Å²) in [5.74, 6) is 0.650. The molecule has 7 nitrogen and oxygen atoms in total. The number of hydrogen-bond donors (Lipinski definition) is 3. The van der Waals surface area contributed by atoms with Crippen LogP contribution < -0.4 is 15.4 Å². The first-order valence-corrected chi connectivity index (χ1v) is 7.29. The van der Waals surface area contributed by atoms with E-state index >= 15 is 0 Å². The number of ether oxygens (including phenoxy) is 1. The number of carboxylic acid groups (broad SMARTS) is 1. The van der Waals surface area contributed by atoms with Crippen LogP contribution in [0.2, 0.25) is 0 Å². The van der Waals surface area contributed by atoms with Gasteiger partial charge in [-0.25, -0.2) is 4.98 Å². The van der Waals surface area contributed by atoms with Crippen molar-refractivity contribution in [3.05, 3.63) is 48.5 Å². The quantitative estimate of drug-likeness (QED) is 0.641. The van der Waals surface area contributed by atoms with Gasteiger partial charge in [-0.3, -0.25) is 4.79 Å². The molecular weight excluding hydrogens is 308 g/mol. The molecule has 0 aliphatic heterocycles. The van der Waals surface area contributed by atoms with Gasteiger partial charge in [0.1, 0.15) is 18.1 Å². The Morgan fingerprint density at radius 3 is 2.58 bits per heavy atom. The Labute approximate surface area is 138 Å². The number of carboxylic acids is 1. The molecule has 122 valence electrons. The normalized spacial score (nSPS) is 10.4. The second-order valence-electron chi connectivity index (χ2n) is 5.01. The lowest BCUT2D eigenvalue weighted by atomic mass is 10.2. The highest BCUT2D eigenvalue weighted by molar-refractivity contribution is 5.91. The van der Waals surface area contributed by atoms with Crippen LogP contribution in [-0.2, 0) is 4.79 Å². The molecule has 0 bridgehead atoms. The standard InChI is InChI=1S/C17H16N4O3/c1-24-12-8-6-11(7-9-12)19-17-20-14-5-3-2-4-13(14)16(21-17)18-10-15(22)23/h2-9H,10H2,1H3,(H,22,23)(H2,18,19,20,21).